The van der Waals surface area contributed by atoms with E-state index in [9.17, 15) is 0 Å². The molecule has 1 atom stereocenters. The standard InChI is InChI=1S/C15H23N3/c1-12(2)14-9-6-10-18(14)15(16)17-11-13-7-4-3-5-8-13/h3-5,7-8,12,14H,6,9-11H2,1-2H3,(H2,16,17). The number of benzene rings is 1. The normalized spacial score (nSPS) is 20.7. The zero-order valence-corrected chi connectivity index (χ0v) is 11.3. The van der Waals surface area contributed by atoms with E-state index < -0.39 is 0 Å². The van der Waals surface area contributed by atoms with Crippen LogP contribution >= 0.6 is 0 Å². The van der Waals surface area contributed by atoms with Gasteiger partial charge in [0.05, 0.1) is 6.54 Å². The SMILES string of the molecule is CC(C)C1CCCN1C(N)=NCc1ccccc1. The van der Waals surface area contributed by atoms with Crippen LogP contribution in [0.1, 0.15) is 32.3 Å². The van der Waals surface area contributed by atoms with Crippen molar-refractivity contribution in [1.82, 2.24) is 4.90 Å². The average Bonchev–Trinajstić information content (AvgIpc) is 2.86. The number of rotatable bonds is 3. The van der Waals surface area contributed by atoms with E-state index in [-0.39, 0.29) is 0 Å². The van der Waals surface area contributed by atoms with Crippen molar-refractivity contribution in [2.75, 3.05) is 6.54 Å². The van der Waals surface area contributed by atoms with E-state index in [0.29, 0.717) is 24.5 Å². The molecule has 98 valence electrons. The molecular formula is C15H23N3. The summed E-state index contributed by atoms with van der Waals surface area (Å²) in [6, 6.07) is 10.8. The second-order valence-corrected chi connectivity index (χ2v) is 5.31. The van der Waals surface area contributed by atoms with Crippen LogP contribution < -0.4 is 5.73 Å². The summed E-state index contributed by atoms with van der Waals surface area (Å²) in [5.74, 6) is 1.34. The molecule has 0 radical (unpaired) electrons. The summed E-state index contributed by atoms with van der Waals surface area (Å²) in [7, 11) is 0. The number of hydrogen-bond acceptors (Lipinski definition) is 1. The second-order valence-electron chi connectivity index (χ2n) is 5.31. The first-order chi connectivity index (χ1) is 8.68. The minimum Gasteiger partial charge on any atom is -0.370 e. The monoisotopic (exact) mass is 245 g/mol. The van der Waals surface area contributed by atoms with Gasteiger partial charge >= 0.3 is 0 Å². The van der Waals surface area contributed by atoms with Crippen LogP contribution in [0, 0.1) is 5.92 Å². The Morgan fingerprint density at radius 1 is 1.39 bits per heavy atom. The maximum atomic E-state index is 6.13. The predicted octanol–water partition coefficient (Wildman–Crippen LogP) is 2.62. The van der Waals surface area contributed by atoms with Gasteiger partial charge in [-0.05, 0) is 24.3 Å². The van der Waals surface area contributed by atoms with Crippen molar-refractivity contribution < 1.29 is 0 Å². The molecule has 0 amide bonds. The van der Waals surface area contributed by atoms with Gasteiger partial charge in [0.15, 0.2) is 5.96 Å². The molecule has 2 rings (SSSR count). The molecule has 0 spiro atoms. The first kappa shape index (κ1) is 12.9. The molecule has 1 unspecified atom stereocenters. The van der Waals surface area contributed by atoms with Crippen molar-refractivity contribution in [2.24, 2.45) is 16.6 Å². The Balaban J connectivity index is 2.00. The van der Waals surface area contributed by atoms with Gasteiger partial charge in [-0.25, -0.2) is 4.99 Å². The third-order valence-electron chi connectivity index (χ3n) is 3.63. The van der Waals surface area contributed by atoms with Crippen molar-refractivity contribution in [1.29, 1.82) is 0 Å². The van der Waals surface area contributed by atoms with E-state index in [1.165, 1.54) is 18.4 Å². The molecule has 0 bridgehead atoms. The first-order valence-corrected chi connectivity index (χ1v) is 6.79. The molecule has 0 saturated carbocycles. The summed E-state index contributed by atoms with van der Waals surface area (Å²) in [6.07, 6.45) is 2.46. The van der Waals surface area contributed by atoms with Crippen LogP contribution in [0.5, 0.6) is 0 Å². The second kappa shape index (κ2) is 5.89. The molecule has 1 aromatic rings. The highest BCUT2D eigenvalue weighted by Crippen LogP contribution is 2.23. The maximum absolute atomic E-state index is 6.13. The number of aliphatic imine (C=N–C) groups is 1. The Hall–Kier alpha value is -1.51. The molecule has 1 saturated heterocycles. The van der Waals surface area contributed by atoms with Crippen molar-refractivity contribution in [2.45, 2.75) is 39.3 Å². The van der Waals surface area contributed by atoms with Gasteiger partial charge < -0.3 is 10.6 Å². The minimum atomic E-state index is 0.560. The van der Waals surface area contributed by atoms with Crippen LogP contribution in [0.15, 0.2) is 35.3 Å². The molecule has 18 heavy (non-hydrogen) atoms. The number of hydrogen-bond donors (Lipinski definition) is 1. The third kappa shape index (κ3) is 3.03. The molecule has 1 aromatic carbocycles. The summed E-state index contributed by atoms with van der Waals surface area (Å²) in [5, 5.41) is 0. The first-order valence-electron chi connectivity index (χ1n) is 6.79. The van der Waals surface area contributed by atoms with Gasteiger partial charge in [-0.1, -0.05) is 44.2 Å². The predicted molar refractivity (Wildman–Crippen MR) is 76.3 cm³/mol. The summed E-state index contributed by atoms with van der Waals surface area (Å²) in [5.41, 5.74) is 7.34. The Bertz CT molecular complexity index is 397. The highest BCUT2D eigenvalue weighted by Gasteiger charge is 2.28. The summed E-state index contributed by atoms with van der Waals surface area (Å²) >= 11 is 0. The highest BCUT2D eigenvalue weighted by atomic mass is 15.3. The van der Waals surface area contributed by atoms with Gasteiger partial charge in [-0.3, -0.25) is 0 Å². The van der Waals surface area contributed by atoms with Gasteiger partial charge in [0.1, 0.15) is 0 Å². The lowest BCUT2D eigenvalue weighted by Gasteiger charge is -2.28. The fraction of sp³-hybridized carbons (Fsp3) is 0.533. The number of nitrogens with two attached hydrogens (primary N) is 1. The summed E-state index contributed by atoms with van der Waals surface area (Å²) in [4.78, 5) is 6.80. The Morgan fingerprint density at radius 2 is 2.11 bits per heavy atom. The Labute approximate surface area is 110 Å². The Kier molecular flexibility index (Phi) is 4.24. The molecule has 3 nitrogen and oxygen atoms in total. The van der Waals surface area contributed by atoms with Crippen LogP contribution in [0.25, 0.3) is 0 Å². The fourth-order valence-corrected chi connectivity index (χ4v) is 2.62. The average molecular weight is 245 g/mol. The number of guanidine groups is 1. The van der Waals surface area contributed by atoms with Crippen LogP contribution in [0.2, 0.25) is 0 Å². The molecule has 3 heteroatoms. The van der Waals surface area contributed by atoms with E-state index in [2.05, 4.69) is 35.9 Å². The van der Waals surface area contributed by atoms with Gasteiger partial charge in [-0.15, -0.1) is 0 Å². The smallest absolute Gasteiger partial charge is 0.191 e. The number of nitrogens with zero attached hydrogens (tertiary/aromatic N) is 2. The molecule has 0 aromatic heterocycles. The lowest BCUT2D eigenvalue weighted by molar-refractivity contribution is 0.305. The van der Waals surface area contributed by atoms with Crippen molar-refractivity contribution in [3.05, 3.63) is 35.9 Å². The molecule has 1 aliphatic heterocycles. The largest absolute Gasteiger partial charge is 0.370 e. The Morgan fingerprint density at radius 3 is 2.78 bits per heavy atom. The zero-order valence-electron chi connectivity index (χ0n) is 11.3. The van der Waals surface area contributed by atoms with Crippen molar-refractivity contribution in [3.63, 3.8) is 0 Å². The number of likely N-dealkylation sites (tertiary alicyclic amines) is 1. The molecule has 2 N–H and O–H groups in total. The van der Waals surface area contributed by atoms with Crippen LogP contribution in [-0.2, 0) is 6.54 Å². The molecule has 1 fully saturated rings. The quantitative estimate of drug-likeness (QED) is 0.657. The van der Waals surface area contributed by atoms with Gasteiger partial charge in [-0.2, -0.15) is 0 Å². The van der Waals surface area contributed by atoms with E-state index in [4.69, 9.17) is 5.73 Å². The van der Waals surface area contributed by atoms with E-state index >= 15 is 0 Å². The highest BCUT2D eigenvalue weighted by molar-refractivity contribution is 5.78. The van der Waals surface area contributed by atoms with E-state index in [0.717, 1.165) is 6.54 Å². The van der Waals surface area contributed by atoms with Crippen molar-refractivity contribution in [3.8, 4) is 0 Å². The molecule has 1 aliphatic rings. The fourth-order valence-electron chi connectivity index (χ4n) is 2.62. The van der Waals surface area contributed by atoms with E-state index in [1.807, 2.05) is 18.2 Å². The maximum Gasteiger partial charge on any atom is 0.191 e. The molecule has 0 aliphatic carbocycles. The van der Waals surface area contributed by atoms with Gasteiger partial charge in [0.25, 0.3) is 0 Å². The lowest BCUT2D eigenvalue weighted by Crippen LogP contribution is -2.43. The van der Waals surface area contributed by atoms with E-state index in [1.54, 1.807) is 0 Å². The van der Waals surface area contributed by atoms with Crippen molar-refractivity contribution >= 4 is 5.96 Å². The van der Waals surface area contributed by atoms with Gasteiger partial charge in [0.2, 0.25) is 0 Å². The van der Waals surface area contributed by atoms with Crippen LogP contribution in [-0.4, -0.2) is 23.4 Å². The van der Waals surface area contributed by atoms with Crippen LogP contribution in [0.4, 0.5) is 0 Å². The lowest BCUT2D eigenvalue weighted by atomic mass is 10.0. The minimum absolute atomic E-state index is 0.560. The third-order valence-corrected chi connectivity index (χ3v) is 3.63. The summed E-state index contributed by atoms with van der Waals surface area (Å²) in [6.45, 7) is 6.24. The molecule has 1 heterocycles. The van der Waals surface area contributed by atoms with Crippen LogP contribution in [0.3, 0.4) is 0 Å². The zero-order chi connectivity index (χ0) is 13.0. The topological polar surface area (TPSA) is 41.6 Å². The molecular weight excluding hydrogens is 222 g/mol. The van der Waals surface area contributed by atoms with Gasteiger partial charge in [0, 0.05) is 12.6 Å². The summed E-state index contributed by atoms with van der Waals surface area (Å²) < 4.78 is 0.